The summed E-state index contributed by atoms with van der Waals surface area (Å²) in [4.78, 5) is 43.8. The molecule has 0 saturated carbocycles. The molecule has 8 aromatic rings. The molecule has 0 atom stereocenters. The molecule has 0 N–H and O–H groups in total. The summed E-state index contributed by atoms with van der Waals surface area (Å²) < 4.78 is 115. The number of methoxy groups -OCH3 is 3. The molecular weight excluding hydrogens is 1010 g/mol. The first-order chi connectivity index (χ1) is 29.1. The molecule has 0 fully saturated rings. The lowest BCUT2D eigenvalue weighted by Gasteiger charge is -2.07. The molecule has 0 aliphatic rings. The van der Waals surface area contributed by atoms with E-state index in [1.54, 1.807) is 50.0 Å². The van der Waals surface area contributed by atoms with Crippen molar-refractivity contribution in [3.63, 3.8) is 0 Å². The molecule has 6 heterocycles. The van der Waals surface area contributed by atoms with E-state index in [9.17, 15) is 48.6 Å². The third-order valence-electron chi connectivity index (χ3n) is 8.93. The standard InChI is InChI=1S/C17H13F3N4O2S.C16H13IN4O2S.C3H3F3O4S/c1-23-12-11(13-14(23)22-16(27-13)17(18,19)20)7-21-24(15(12)25)8-9-4-3-5-10(6-9)26-2;1-20-12-11(13-14(20)19-16(17)24-13)7-18-21(15(12)22)8-9-4-3-5-10(6-9)23-2;1-10-2(7)3(4,5)11(6,8)9/h3-7H,8H2,1-2H3;3-7H,8H2,1-2H3;1H3. The minimum Gasteiger partial charge on any atom is -0.497 e. The highest BCUT2D eigenvalue weighted by Crippen LogP contribution is 2.39. The lowest BCUT2D eigenvalue weighted by molar-refractivity contribution is -0.157. The van der Waals surface area contributed by atoms with Gasteiger partial charge in [-0.3, -0.25) is 9.59 Å². The van der Waals surface area contributed by atoms with Gasteiger partial charge in [-0.25, -0.2) is 24.1 Å². The Bertz CT molecular complexity index is 3230. The number of alkyl halides is 5. The molecule has 0 aliphatic heterocycles. The van der Waals surface area contributed by atoms with E-state index in [1.807, 2.05) is 41.9 Å². The van der Waals surface area contributed by atoms with Crippen LogP contribution in [0.4, 0.5) is 25.8 Å². The monoisotopic (exact) mass is 1040 g/mol. The highest BCUT2D eigenvalue weighted by atomic mass is 127. The van der Waals surface area contributed by atoms with Crippen molar-refractivity contribution in [3.05, 3.63) is 101 Å². The van der Waals surface area contributed by atoms with Crippen LogP contribution in [0.25, 0.3) is 42.5 Å². The highest BCUT2D eigenvalue weighted by molar-refractivity contribution is 14.1. The minimum absolute atomic E-state index is 0.113. The van der Waals surface area contributed by atoms with Gasteiger partial charge in [0, 0.05) is 24.9 Å². The zero-order valence-electron chi connectivity index (χ0n) is 32.4. The second kappa shape index (κ2) is 17.6. The number of carbonyl (C=O) groups is 1. The van der Waals surface area contributed by atoms with Crippen LogP contribution in [0.5, 0.6) is 11.5 Å². The van der Waals surface area contributed by atoms with Crippen LogP contribution in [0, 0.1) is 3.01 Å². The van der Waals surface area contributed by atoms with Crippen molar-refractivity contribution < 1.29 is 53.3 Å². The number of esters is 1. The van der Waals surface area contributed by atoms with E-state index in [1.165, 1.54) is 27.2 Å². The van der Waals surface area contributed by atoms with Crippen LogP contribution < -0.4 is 20.6 Å². The van der Waals surface area contributed by atoms with Crippen LogP contribution in [0.15, 0.2) is 70.5 Å². The number of halogens is 7. The number of aromatic nitrogens is 8. The number of benzene rings is 2. The molecule has 8 rings (SSSR count). The van der Waals surface area contributed by atoms with E-state index in [0.717, 1.165) is 35.6 Å². The fourth-order valence-electron chi connectivity index (χ4n) is 6.01. The fraction of sp³-hybridized carbons (Fsp3) is 0.250. The molecule has 328 valence electrons. The van der Waals surface area contributed by atoms with Gasteiger partial charge in [-0.15, -0.1) is 22.7 Å². The SMILES string of the molecule is COC(=O)C(F)(F)S(=O)(=O)F.COc1cccc(Cn2ncc3c4sc(C(F)(F)F)nc4n(C)c3c2=O)c1.COc1cccc(Cn2ncc3c4sc(I)nc4n(C)c3c2=O)c1. The van der Waals surface area contributed by atoms with Crippen molar-refractivity contribution in [2.75, 3.05) is 21.3 Å². The Morgan fingerprint density at radius 1 is 0.758 bits per heavy atom. The minimum atomic E-state index is -6.22. The van der Waals surface area contributed by atoms with Crippen LogP contribution in [-0.4, -0.2) is 79.6 Å². The molecule has 62 heavy (non-hydrogen) atoms. The van der Waals surface area contributed by atoms with Crippen LogP contribution >= 0.6 is 45.3 Å². The summed E-state index contributed by atoms with van der Waals surface area (Å²) in [6.45, 7) is 0.613. The maximum Gasteiger partial charge on any atom is 0.470 e. The Labute approximate surface area is 366 Å². The topological polar surface area (TPSA) is 184 Å². The second-order valence-electron chi connectivity index (χ2n) is 12.8. The Morgan fingerprint density at radius 2 is 1.21 bits per heavy atom. The maximum absolute atomic E-state index is 12.9. The van der Waals surface area contributed by atoms with Gasteiger partial charge in [0.25, 0.3) is 11.1 Å². The summed E-state index contributed by atoms with van der Waals surface area (Å²) in [5.41, 5.74) is 3.14. The van der Waals surface area contributed by atoms with E-state index >= 15 is 0 Å². The van der Waals surface area contributed by atoms with E-state index in [0.29, 0.717) is 46.3 Å². The quantitative estimate of drug-likeness (QED) is 0.0700. The van der Waals surface area contributed by atoms with Crippen molar-refractivity contribution in [2.45, 2.75) is 24.5 Å². The number of ether oxygens (including phenoxy) is 3. The van der Waals surface area contributed by atoms with Crippen LogP contribution in [0.1, 0.15) is 16.1 Å². The molecule has 0 spiro atoms. The number of aryl methyl sites for hydroxylation is 2. The number of thiazole rings is 2. The van der Waals surface area contributed by atoms with Gasteiger partial charge in [-0.2, -0.15) is 40.6 Å². The largest absolute Gasteiger partial charge is 0.497 e. The summed E-state index contributed by atoms with van der Waals surface area (Å²) >= 11 is 4.29. The molecule has 16 nitrogen and oxygen atoms in total. The number of rotatable bonds is 8. The van der Waals surface area contributed by atoms with E-state index < -0.39 is 38.2 Å². The zero-order chi connectivity index (χ0) is 45.5. The Morgan fingerprint density at radius 3 is 1.61 bits per heavy atom. The third-order valence-corrected chi connectivity index (χ3v) is 12.6. The molecule has 0 bridgehead atoms. The number of hydrogen-bond donors (Lipinski definition) is 0. The smallest absolute Gasteiger partial charge is 0.470 e. The molecule has 0 radical (unpaired) electrons. The number of nitrogens with zero attached hydrogens (tertiary/aromatic N) is 8. The predicted molar refractivity (Wildman–Crippen MR) is 225 cm³/mol. The molecule has 0 unspecified atom stereocenters. The lowest BCUT2D eigenvalue weighted by Crippen LogP contribution is -2.36. The zero-order valence-corrected chi connectivity index (χ0v) is 37.0. The number of fused-ring (bicyclic) bond motifs is 6. The van der Waals surface area contributed by atoms with E-state index in [-0.39, 0.29) is 23.3 Å². The van der Waals surface area contributed by atoms with Gasteiger partial charge in [0.05, 0.1) is 56.2 Å². The average Bonchev–Trinajstić information content (AvgIpc) is 3.97. The van der Waals surface area contributed by atoms with Crippen LogP contribution in [0.2, 0.25) is 0 Å². The van der Waals surface area contributed by atoms with Gasteiger partial charge in [-0.1, -0.05) is 28.2 Å². The van der Waals surface area contributed by atoms with Crippen LogP contribution in [-0.2, 0) is 53.1 Å². The van der Waals surface area contributed by atoms with E-state index in [2.05, 4.69) is 47.5 Å². The first kappa shape index (κ1) is 45.9. The maximum atomic E-state index is 12.9. The number of hydrogen-bond acceptors (Lipinski definition) is 14. The van der Waals surface area contributed by atoms with Gasteiger partial charge < -0.3 is 23.3 Å². The molecule has 6 aromatic heterocycles. The van der Waals surface area contributed by atoms with Crippen molar-refractivity contribution in [2.24, 2.45) is 14.1 Å². The molecule has 0 amide bonds. The predicted octanol–water partition coefficient (Wildman–Crippen LogP) is 6.48. The van der Waals surface area contributed by atoms with Crippen LogP contribution in [0.3, 0.4) is 0 Å². The van der Waals surface area contributed by atoms with Crippen molar-refractivity contribution >= 4 is 104 Å². The molecule has 2 aromatic carbocycles. The Hall–Kier alpha value is -5.61. The van der Waals surface area contributed by atoms with Crippen molar-refractivity contribution in [1.82, 2.24) is 38.7 Å². The lowest BCUT2D eigenvalue weighted by atomic mass is 10.2. The molecule has 26 heteroatoms. The Balaban J connectivity index is 0.000000169. The summed E-state index contributed by atoms with van der Waals surface area (Å²) in [6.07, 6.45) is -1.35. The van der Waals surface area contributed by atoms with Gasteiger partial charge in [0.2, 0.25) is 5.01 Å². The Kier molecular flexibility index (Phi) is 13.1. The first-order valence-corrected chi connectivity index (χ1v) is 21.3. The summed E-state index contributed by atoms with van der Waals surface area (Å²) in [5.74, 6) is -1.02. The van der Waals surface area contributed by atoms with Gasteiger partial charge in [-0.05, 0) is 58.0 Å². The van der Waals surface area contributed by atoms with E-state index in [4.69, 9.17) is 9.47 Å². The van der Waals surface area contributed by atoms with Gasteiger partial charge >= 0.3 is 27.6 Å². The second-order valence-corrected chi connectivity index (χ2v) is 17.9. The summed E-state index contributed by atoms with van der Waals surface area (Å²) in [7, 11) is 0.872. The summed E-state index contributed by atoms with van der Waals surface area (Å²) in [5, 5.41) is 3.68. The third kappa shape index (κ3) is 8.98. The molecular formula is C36H29F6IN8O8S3. The van der Waals surface area contributed by atoms with Crippen molar-refractivity contribution in [1.29, 1.82) is 0 Å². The highest BCUT2D eigenvalue weighted by Gasteiger charge is 2.55. The normalized spacial score (nSPS) is 12.0. The first-order valence-electron chi connectivity index (χ1n) is 17.2. The number of carbonyl (C=O) groups excluding carboxylic acids is 1. The molecule has 0 aliphatic carbocycles. The molecule has 0 saturated heterocycles. The summed E-state index contributed by atoms with van der Waals surface area (Å²) in [6, 6.07) is 14.9. The van der Waals surface area contributed by atoms with Gasteiger partial charge in [0.15, 0.2) is 14.3 Å². The average molecular weight is 1040 g/mol. The fourth-order valence-corrected chi connectivity index (χ4v) is 8.99. The van der Waals surface area contributed by atoms with Gasteiger partial charge in [0.1, 0.15) is 22.5 Å². The van der Waals surface area contributed by atoms with Crippen molar-refractivity contribution in [3.8, 4) is 11.5 Å².